The molecule has 2 rings (SSSR count). The third kappa shape index (κ3) is 1.07. The smallest absolute Gasteiger partial charge is 0.243 e. The van der Waals surface area contributed by atoms with Crippen LogP contribution in [0.2, 0.25) is 0 Å². The topological polar surface area (TPSA) is 61.4 Å². The highest BCUT2D eigenvalue weighted by Gasteiger charge is 2.13. The summed E-state index contributed by atoms with van der Waals surface area (Å²) in [5.74, 6) is 0.130. The molecule has 0 saturated heterocycles. The van der Waals surface area contributed by atoms with Crippen molar-refractivity contribution in [3.05, 3.63) is 18.2 Å². The Balaban J connectivity index is 2.43. The first kappa shape index (κ1) is 6.97. The number of phenolic OH excluding ortho intramolecular Hbond substituents is 1. The number of nitrogens with one attached hydrogen (secondary N) is 2. The first-order valence-corrected chi connectivity index (χ1v) is 3.62. The number of carbonyl (C=O) groups is 1. The van der Waals surface area contributed by atoms with Crippen molar-refractivity contribution >= 4 is 17.3 Å². The van der Waals surface area contributed by atoms with Crippen molar-refractivity contribution in [2.45, 2.75) is 0 Å². The zero-order valence-corrected chi connectivity index (χ0v) is 6.29. The number of aromatic hydroxyl groups is 1. The molecule has 0 fully saturated rings. The number of rotatable bonds is 0. The number of carbonyl (C=O) groups excluding carboxylic acids is 1. The Morgan fingerprint density at radius 1 is 1.33 bits per heavy atom. The summed E-state index contributed by atoms with van der Waals surface area (Å²) < 4.78 is 0. The molecule has 0 unspecified atom stereocenters. The summed E-state index contributed by atoms with van der Waals surface area (Å²) in [4.78, 5) is 10.9. The van der Waals surface area contributed by atoms with Gasteiger partial charge in [-0.05, 0) is 12.1 Å². The second-order valence-electron chi connectivity index (χ2n) is 2.63. The quantitative estimate of drug-likeness (QED) is 0.496. The van der Waals surface area contributed by atoms with Gasteiger partial charge in [-0.15, -0.1) is 0 Å². The number of fused-ring (bicyclic) bond motifs is 1. The Hall–Kier alpha value is -1.71. The standard InChI is InChI=1S/C8H8N2O2/c11-5-1-2-6-7(3-5)9-4-8(12)10-6/h1-3,9,11H,4H2,(H,10,12). The molecule has 62 valence electrons. The molecule has 0 radical (unpaired) electrons. The van der Waals surface area contributed by atoms with Crippen LogP contribution in [0.4, 0.5) is 11.4 Å². The number of hydrogen-bond acceptors (Lipinski definition) is 3. The van der Waals surface area contributed by atoms with Crippen molar-refractivity contribution in [2.75, 3.05) is 17.2 Å². The van der Waals surface area contributed by atoms with Gasteiger partial charge in [-0.25, -0.2) is 0 Å². The fourth-order valence-electron chi connectivity index (χ4n) is 1.16. The minimum Gasteiger partial charge on any atom is -0.508 e. The van der Waals surface area contributed by atoms with Gasteiger partial charge in [-0.3, -0.25) is 4.79 Å². The second-order valence-corrected chi connectivity index (χ2v) is 2.63. The molecule has 1 amide bonds. The molecule has 0 bridgehead atoms. The molecule has 1 aromatic rings. The van der Waals surface area contributed by atoms with Crippen LogP contribution in [0.5, 0.6) is 5.75 Å². The lowest BCUT2D eigenvalue weighted by molar-refractivity contribution is -0.114. The fourth-order valence-corrected chi connectivity index (χ4v) is 1.16. The van der Waals surface area contributed by atoms with Crippen LogP contribution in [-0.2, 0) is 4.79 Å². The SMILES string of the molecule is O=C1CNc2cc(O)ccc2N1. The van der Waals surface area contributed by atoms with Crippen molar-refractivity contribution in [1.82, 2.24) is 0 Å². The maximum absolute atomic E-state index is 10.9. The van der Waals surface area contributed by atoms with Crippen LogP contribution in [0.3, 0.4) is 0 Å². The van der Waals surface area contributed by atoms with Crippen LogP contribution in [0.25, 0.3) is 0 Å². The van der Waals surface area contributed by atoms with Gasteiger partial charge in [-0.2, -0.15) is 0 Å². The van der Waals surface area contributed by atoms with Gasteiger partial charge in [0.15, 0.2) is 0 Å². The molecular weight excluding hydrogens is 156 g/mol. The summed E-state index contributed by atoms with van der Waals surface area (Å²) in [6.07, 6.45) is 0. The Bertz CT molecular complexity index is 336. The van der Waals surface area contributed by atoms with Gasteiger partial charge in [0.05, 0.1) is 17.9 Å². The average molecular weight is 164 g/mol. The van der Waals surface area contributed by atoms with Crippen LogP contribution in [0, 0.1) is 0 Å². The largest absolute Gasteiger partial charge is 0.508 e. The lowest BCUT2D eigenvalue weighted by Crippen LogP contribution is -2.27. The molecular formula is C8H8N2O2. The van der Waals surface area contributed by atoms with Crippen LogP contribution >= 0.6 is 0 Å². The van der Waals surface area contributed by atoms with E-state index in [2.05, 4.69) is 10.6 Å². The summed E-state index contributed by atoms with van der Waals surface area (Å²) in [6.45, 7) is 0.260. The number of benzene rings is 1. The minimum atomic E-state index is -0.0619. The Kier molecular flexibility index (Phi) is 1.40. The lowest BCUT2D eigenvalue weighted by Gasteiger charge is -2.18. The van der Waals surface area contributed by atoms with Crippen LogP contribution in [0.15, 0.2) is 18.2 Å². The molecule has 0 atom stereocenters. The summed E-state index contributed by atoms with van der Waals surface area (Å²) in [6, 6.07) is 4.77. The lowest BCUT2D eigenvalue weighted by atomic mass is 10.2. The van der Waals surface area contributed by atoms with Gasteiger partial charge in [0.1, 0.15) is 5.75 Å². The van der Waals surface area contributed by atoms with Crippen LogP contribution in [0.1, 0.15) is 0 Å². The van der Waals surface area contributed by atoms with E-state index in [1.54, 1.807) is 12.1 Å². The molecule has 4 nitrogen and oxygen atoms in total. The molecule has 1 aliphatic heterocycles. The highest BCUT2D eigenvalue weighted by Crippen LogP contribution is 2.27. The predicted molar refractivity (Wildman–Crippen MR) is 45.2 cm³/mol. The zero-order chi connectivity index (χ0) is 8.55. The molecule has 0 aromatic heterocycles. The Morgan fingerprint density at radius 3 is 3.00 bits per heavy atom. The Morgan fingerprint density at radius 2 is 2.17 bits per heavy atom. The average Bonchev–Trinajstić information content (AvgIpc) is 2.05. The van der Waals surface area contributed by atoms with E-state index in [-0.39, 0.29) is 18.2 Å². The maximum atomic E-state index is 10.9. The summed E-state index contributed by atoms with van der Waals surface area (Å²) in [7, 11) is 0. The molecule has 0 aliphatic carbocycles. The highest BCUT2D eigenvalue weighted by molar-refractivity contribution is 6.00. The zero-order valence-electron chi connectivity index (χ0n) is 6.29. The molecule has 1 aliphatic rings. The van der Waals surface area contributed by atoms with Gasteiger partial charge >= 0.3 is 0 Å². The van der Waals surface area contributed by atoms with E-state index in [0.717, 1.165) is 5.69 Å². The van der Waals surface area contributed by atoms with Crippen LogP contribution < -0.4 is 10.6 Å². The van der Waals surface area contributed by atoms with Crippen molar-refractivity contribution in [2.24, 2.45) is 0 Å². The van der Waals surface area contributed by atoms with Gasteiger partial charge in [0.25, 0.3) is 0 Å². The van der Waals surface area contributed by atoms with Crippen molar-refractivity contribution in [1.29, 1.82) is 0 Å². The highest BCUT2D eigenvalue weighted by atomic mass is 16.3. The number of amides is 1. The molecule has 0 spiro atoms. The number of phenols is 1. The molecule has 1 aromatic carbocycles. The van der Waals surface area contributed by atoms with E-state index >= 15 is 0 Å². The van der Waals surface area contributed by atoms with E-state index in [0.29, 0.717) is 5.69 Å². The molecule has 3 N–H and O–H groups in total. The van der Waals surface area contributed by atoms with E-state index in [1.807, 2.05) is 0 Å². The van der Waals surface area contributed by atoms with Crippen molar-refractivity contribution in [3.63, 3.8) is 0 Å². The van der Waals surface area contributed by atoms with Crippen molar-refractivity contribution in [3.8, 4) is 5.75 Å². The van der Waals surface area contributed by atoms with Crippen LogP contribution in [-0.4, -0.2) is 17.6 Å². The summed E-state index contributed by atoms with van der Waals surface area (Å²) >= 11 is 0. The summed E-state index contributed by atoms with van der Waals surface area (Å²) in [5, 5.41) is 14.7. The monoisotopic (exact) mass is 164 g/mol. The van der Waals surface area contributed by atoms with E-state index in [1.165, 1.54) is 6.07 Å². The first-order chi connectivity index (χ1) is 5.75. The van der Waals surface area contributed by atoms with E-state index in [9.17, 15) is 4.79 Å². The molecule has 4 heteroatoms. The summed E-state index contributed by atoms with van der Waals surface area (Å²) in [5.41, 5.74) is 1.47. The van der Waals surface area contributed by atoms with Gasteiger partial charge in [-0.1, -0.05) is 0 Å². The Labute approximate surface area is 69.2 Å². The molecule has 1 heterocycles. The first-order valence-electron chi connectivity index (χ1n) is 3.62. The third-order valence-electron chi connectivity index (χ3n) is 1.72. The predicted octanol–water partition coefficient (Wildman–Crippen LogP) is 0.756. The number of anilines is 2. The van der Waals surface area contributed by atoms with E-state index < -0.39 is 0 Å². The van der Waals surface area contributed by atoms with Gasteiger partial charge in [0.2, 0.25) is 5.91 Å². The van der Waals surface area contributed by atoms with Gasteiger partial charge < -0.3 is 15.7 Å². The number of hydrogen-bond donors (Lipinski definition) is 3. The third-order valence-corrected chi connectivity index (χ3v) is 1.72. The minimum absolute atomic E-state index is 0.0619. The molecule has 0 saturated carbocycles. The second kappa shape index (κ2) is 2.41. The van der Waals surface area contributed by atoms with Crippen molar-refractivity contribution < 1.29 is 9.90 Å². The maximum Gasteiger partial charge on any atom is 0.243 e. The van der Waals surface area contributed by atoms with E-state index in [4.69, 9.17) is 5.11 Å². The normalized spacial score (nSPS) is 14.5. The van der Waals surface area contributed by atoms with Gasteiger partial charge in [0, 0.05) is 6.07 Å². The molecule has 12 heavy (non-hydrogen) atoms. The fraction of sp³-hybridized carbons (Fsp3) is 0.125.